The Kier molecular flexibility index (Phi) is 13.3. The maximum Gasteiger partial charge on any atom is 0.160 e. The van der Waals surface area contributed by atoms with Gasteiger partial charge in [-0.3, -0.25) is 4.79 Å². The molecule has 0 aliphatic heterocycles. The molecule has 0 amide bonds. The summed E-state index contributed by atoms with van der Waals surface area (Å²) < 4.78 is 17.2. The van der Waals surface area contributed by atoms with E-state index in [0.717, 1.165) is 92.8 Å². The van der Waals surface area contributed by atoms with Crippen molar-refractivity contribution >= 4 is 66.5 Å². The summed E-state index contributed by atoms with van der Waals surface area (Å²) >= 11 is 3.35. The second-order valence-corrected chi connectivity index (χ2v) is 16.9. The van der Waals surface area contributed by atoms with Gasteiger partial charge in [0, 0.05) is 27.6 Å². The molecule has 0 aliphatic carbocycles. The molecule has 7 rings (SSSR count). The first-order chi connectivity index (χ1) is 27.5. The number of aldehydes is 1. The average Bonchev–Trinajstić information content (AvgIpc) is 3.94. The van der Waals surface area contributed by atoms with Crippen molar-refractivity contribution in [1.82, 2.24) is 4.57 Å². The third-order valence-corrected chi connectivity index (χ3v) is 13.3. The molecule has 4 aromatic carbocycles. The van der Waals surface area contributed by atoms with E-state index in [1.165, 1.54) is 48.1 Å². The van der Waals surface area contributed by atoms with Crippen LogP contribution in [0.5, 0.6) is 11.5 Å². The van der Waals surface area contributed by atoms with E-state index in [1.54, 1.807) is 22.7 Å². The number of rotatable bonds is 20. The van der Waals surface area contributed by atoms with Crippen molar-refractivity contribution in [3.63, 3.8) is 0 Å². The van der Waals surface area contributed by atoms with E-state index >= 15 is 0 Å². The number of hydrogen-bond acceptors (Lipinski definition) is 6. The van der Waals surface area contributed by atoms with Crippen LogP contribution in [-0.4, -0.2) is 24.1 Å². The number of ether oxygens (including phenoxy) is 2. The Morgan fingerprint density at radius 1 is 0.625 bits per heavy atom. The van der Waals surface area contributed by atoms with Gasteiger partial charge in [-0.25, -0.2) is 0 Å². The van der Waals surface area contributed by atoms with E-state index in [9.17, 15) is 4.79 Å². The highest BCUT2D eigenvalue weighted by Crippen LogP contribution is 2.45. The van der Waals surface area contributed by atoms with Crippen LogP contribution in [0.15, 0.2) is 115 Å². The third kappa shape index (κ3) is 8.90. The van der Waals surface area contributed by atoms with Crippen LogP contribution in [0.3, 0.4) is 0 Å². The molecule has 0 N–H and O–H groups in total. The van der Waals surface area contributed by atoms with Gasteiger partial charge in [0.1, 0.15) is 11.5 Å². The maximum atomic E-state index is 11.8. The van der Waals surface area contributed by atoms with Crippen LogP contribution >= 0.6 is 22.7 Å². The number of benzene rings is 4. The van der Waals surface area contributed by atoms with Crippen LogP contribution in [0.4, 0.5) is 17.1 Å². The van der Waals surface area contributed by atoms with Gasteiger partial charge in [-0.15, -0.1) is 22.7 Å². The molecule has 0 aliphatic rings. The Labute approximate surface area is 340 Å². The Morgan fingerprint density at radius 2 is 1.12 bits per heavy atom. The fraction of sp³-hybridized carbons (Fsp3) is 0.327. The van der Waals surface area contributed by atoms with Crippen LogP contribution < -0.4 is 14.4 Å². The van der Waals surface area contributed by atoms with Crippen LogP contribution in [0.25, 0.3) is 36.6 Å². The molecule has 290 valence electrons. The number of aromatic nitrogens is 1. The SMILES string of the molecule is CCCCC(CC)COc1ccc(N(c2ccc(OCC(CC)CCCC)cc2)c2ccc(-c3cc4c(s3)c3sc(C=O)cc3n4-c3ccccc3)cc2)cc1. The highest BCUT2D eigenvalue weighted by Gasteiger charge is 2.20. The molecule has 5 nitrogen and oxygen atoms in total. The number of unbranched alkanes of at least 4 members (excludes halogenated alkanes) is 2. The minimum Gasteiger partial charge on any atom is -0.493 e. The smallest absolute Gasteiger partial charge is 0.160 e. The van der Waals surface area contributed by atoms with Gasteiger partial charge in [-0.05, 0) is 115 Å². The number of carbonyl (C=O) groups is 1. The minimum atomic E-state index is 0.580. The summed E-state index contributed by atoms with van der Waals surface area (Å²) in [5.41, 5.74) is 7.69. The van der Waals surface area contributed by atoms with E-state index in [4.69, 9.17) is 9.47 Å². The van der Waals surface area contributed by atoms with Gasteiger partial charge < -0.3 is 18.9 Å². The molecule has 0 saturated heterocycles. The summed E-state index contributed by atoms with van der Waals surface area (Å²) in [6, 6.07) is 40.6. The summed E-state index contributed by atoms with van der Waals surface area (Å²) in [6.45, 7) is 10.5. The topological polar surface area (TPSA) is 43.7 Å². The Bertz CT molecular complexity index is 2220. The molecule has 2 atom stereocenters. The lowest BCUT2D eigenvalue weighted by molar-refractivity contribution is 0.112. The fourth-order valence-corrected chi connectivity index (χ4v) is 9.71. The first kappa shape index (κ1) is 39.4. The molecule has 0 radical (unpaired) electrons. The maximum absolute atomic E-state index is 11.8. The number of para-hydroxylation sites is 1. The second kappa shape index (κ2) is 18.9. The summed E-state index contributed by atoms with van der Waals surface area (Å²) in [4.78, 5) is 16.0. The van der Waals surface area contributed by atoms with Crippen molar-refractivity contribution in [2.24, 2.45) is 11.8 Å². The molecule has 0 bridgehead atoms. The van der Waals surface area contributed by atoms with Gasteiger partial charge in [0.25, 0.3) is 0 Å². The van der Waals surface area contributed by atoms with Crippen LogP contribution in [-0.2, 0) is 0 Å². The lowest BCUT2D eigenvalue weighted by atomic mass is 10.0. The van der Waals surface area contributed by atoms with Crippen molar-refractivity contribution in [3.05, 3.63) is 120 Å². The van der Waals surface area contributed by atoms with Crippen LogP contribution in [0.2, 0.25) is 0 Å². The third-order valence-electron chi connectivity index (χ3n) is 10.9. The predicted molar refractivity (Wildman–Crippen MR) is 240 cm³/mol. The zero-order valence-corrected chi connectivity index (χ0v) is 34.8. The molecule has 3 aromatic heterocycles. The van der Waals surface area contributed by atoms with E-state index in [2.05, 4.69) is 140 Å². The van der Waals surface area contributed by atoms with Crippen LogP contribution in [0.1, 0.15) is 88.7 Å². The molecular weight excluding hydrogens is 729 g/mol. The molecule has 0 spiro atoms. The summed E-state index contributed by atoms with van der Waals surface area (Å²) in [7, 11) is 0. The molecule has 56 heavy (non-hydrogen) atoms. The van der Waals surface area contributed by atoms with E-state index in [0.29, 0.717) is 11.8 Å². The number of fused-ring (bicyclic) bond motifs is 3. The van der Waals surface area contributed by atoms with Crippen LogP contribution in [0, 0.1) is 11.8 Å². The Morgan fingerprint density at radius 3 is 1.62 bits per heavy atom. The predicted octanol–water partition coefficient (Wildman–Crippen LogP) is 15.0. The first-order valence-electron chi connectivity index (χ1n) is 20.5. The molecule has 3 heterocycles. The average molecular weight is 783 g/mol. The lowest BCUT2D eigenvalue weighted by Crippen LogP contribution is -2.12. The Hall–Kier alpha value is -4.85. The number of carbonyl (C=O) groups excluding carboxylic acids is 1. The van der Waals surface area contributed by atoms with Gasteiger partial charge in [-0.2, -0.15) is 0 Å². The Balaban J connectivity index is 1.18. The molecule has 2 unspecified atom stereocenters. The van der Waals surface area contributed by atoms with Crippen molar-refractivity contribution in [2.45, 2.75) is 79.1 Å². The zero-order valence-electron chi connectivity index (χ0n) is 33.2. The van der Waals surface area contributed by atoms with Gasteiger partial charge in [-0.1, -0.05) is 96.6 Å². The summed E-state index contributed by atoms with van der Waals surface area (Å²) in [6.07, 6.45) is 10.6. The lowest BCUT2D eigenvalue weighted by Gasteiger charge is -2.26. The van der Waals surface area contributed by atoms with E-state index in [-0.39, 0.29) is 0 Å². The second-order valence-electron chi connectivity index (χ2n) is 14.8. The molecule has 0 fully saturated rings. The van der Waals surface area contributed by atoms with Gasteiger partial charge in [0.2, 0.25) is 0 Å². The van der Waals surface area contributed by atoms with Gasteiger partial charge in [0.05, 0.1) is 38.5 Å². The molecular formula is C49H54N2O3S2. The van der Waals surface area contributed by atoms with Gasteiger partial charge >= 0.3 is 0 Å². The number of anilines is 3. The van der Waals surface area contributed by atoms with Crippen molar-refractivity contribution in [1.29, 1.82) is 0 Å². The number of thiophene rings is 2. The number of hydrogen-bond donors (Lipinski definition) is 0. The van der Waals surface area contributed by atoms with E-state index < -0.39 is 0 Å². The standard InChI is InChI=1S/C49H54N2O3S2/c1-5-9-14-35(7-3)33-53-42-26-22-40(23-27-42)50(41-24-28-43(29-25-41)54-34-36(8-4)15-10-6-2)39-20-18-37(19-21-39)47-31-46-49(56-47)48-45(30-44(32-52)55-48)51(46)38-16-12-11-13-17-38/h11-13,16-32,35-36H,5-10,14-15,33-34H2,1-4H3. The minimum absolute atomic E-state index is 0.580. The summed E-state index contributed by atoms with van der Waals surface area (Å²) in [5.74, 6) is 2.97. The van der Waals surface area contributed by atoms with E-state index in [1.807, 2.05) is 12.1 Å². The van der Waals surface area contributed by atoms with Crippen molar-refractivity contribution < 1.29 is 14.3 Å². The number of nitrogens with zero attached hydrogens (tertiary/aromatic N) is 2. The largest absolute Gasteiger partial charge is 0.493 e. The fourth-order valence-electron chi connectivity index (χ4n) is 7.45. The van der Waals surface area contributed by atoms with Crippen molar-refractivity contribution in [3.8, 4) is 27.6 Å². The monoisotopic (exact) mass is 782 g/mol. The highest BCUT2D eigenvalue weighted by molar-refractivity contribution is 7.29. The normalized spacial score (nSPS) is 12.6. The molecule has 7 aromatic rings. The van der Waals surface area contributed by atoms with Crippen molar-refractivity contribution in [2.75, 3.05) is 18.1 Å². The quantitative estimate of drug-likeness (QED) is 0.0722. The zero-order chi connectivity index (χ0) is 38.9. The molecule has 7 heteroatoms. The van der Waals surface area contributed by atoms with Gasteiger partial charge in [0.15, 0.2) is 6.29 Å². The highest BCUT2D eigenvalue weighted by atomic mass is 32.1. The summed E-state index contributed by atoms with van der Waals surface area (Å²) in [5, 5.41) is 0. The first-order valence-corrected chi connectivity index (χ1v) is 22.1. The molecule has 0 saturated carbocycles.